The van der Waals surface area contributed by atoms with Crippen molar-refractivity contribution in [2.75, 3.05) is 18.4 Å². The van der Waals surface area contributed by atoms with Gasteiger partial charge >= 0.3 is 0 Å². The zero-order valence-corrected chi connectivity index (χ0v) is 12.2. The number of para-hydroxylation sites is 1. The summed E-state index contributed by atoms with van der Waals surface area (Å²) >= 11 is 0. The molecule has 20 heavy (non-hydrogen) atoms. The predicted molar refractivity (Wildman–Crippen MR) is 80.4 cm³/mol. The van der Waals surface area contributed by atoms with Crippen molar-refractivity contribution in [3.8, 4) is 0 Å². The van der Waals surface area contributed by atoms with Crippen LogP contribution in [0.5, 0.6) is 0 Å². The monoisotopic (exact) mass is 277 g/mol. The summed E-state index contributed by atoms with van der Waals surface area (Å²) in [6, 6.07) is 7.64. The molecule has 0 atom stereocenters. The van der Waals surface area contributed by atoms with Gasteiger partial charge in [0.1, 0.15) is 0 Å². The number of anilines is 1. The predicted octanol–water partition coefficient (Wildman–Crippen LogP) is 1.65. The summed E-state index contributed by atoms with van der Waals surface area (Å²) in [4.78, 5) is 23.1. The van der Waals surface area contributed by atoms with Crippen LogP contribution >= 0.6 is 0 Å². The van der Waals surface area contributed by atoms with Gasteiger partial charge in [0.25, 0.3) is 0 Å². The van der Waals surface area contributed by atoms with Crippen LogP contribution in [-0.2, 0) is 16.1 Å². The molecule has 1 rings (SSSR count). The van der Waals surface area contributed by atoms with E-state index in [1.165, 1.54) is 0 Å². The minimum Gasteiger partial charge on any atom is -0.347 e. The van der Waals surface area contributed by atoms with Gasteiger partial charge < -0.3 is 16.0 Å². The summed E-state index contributed by atoms with van der Waals surface area (Å²) in [6.45, 7) is 5.54. The van der Waals surface area contributed by atoms with Crippen molar-refractivity contribution in [2.24, 2.45) is 0 Å². The first-order chi connectivity index (χ1) is 9.67. The minimum absolute atomic E-state index is 0.00831. The van der Waals surface area contributed by atoms with Gasteiger partial charge in [-0.2, -0.15) is 0 Å². The van der Waals surface area contributed by atoms with Crippen molar-refractivity contribution in [3.05, 3.63) is 29.8 Å². The third-order valence-corrected chi connectivity index (χ3v) is 2.78. The number of hydrogen-bond donors (Lipinski definition) is 3. The summed E-state index contributed by atoms with van der Waals surface area (Å²) in [5, 5.41) is 8.65. The van der Waals surface area contributed by atoms with Gasteiger partial charge in [-0.05, 0) is 24.6 Å². The second-order valence-corrected chi connectivity index (χ2v) is 4.51. The molecule has 0 heterocycles. The molecule has 1 aromatic carbocycles. The van der Waals surface area contributed by atoms with Crippen LogP contribution in [0.15, 0.2) is 24.3 Å². The van der Waals surface area contributed by atoms with E-state index in [0.717, 1.165) is 24.2 Å². The Morgan fingerprint density at radius 1 is 1.10 bits per heavy atom. The topological polar surface area (TPSA) is 70.2 Å². The highest BCUT2D eigenvalue weighted by molar-refractivity contribution is 5.95. The van der Waals surface area contributed by atoms with Crippen molar-refractivity contribution in [1.29, 1.82) is 0 Å². The molecule has 2 amide bonds. The number of rotatable bonds is 8. The maximum atomic E-state index is 11.8. The molecule has 0 aliphatic heterocycles. The highest BCUT2D eigenvalue weighted by atomic mass is 16.2. The average molecular weight is 277 g/mol. The lowest BCUT2D eigenvalue weighted by atomic mass is 10.1. The van der Waals surface area contributed by atoms with E-state index in [1.807, 2.05) is 38.1 Å². The highest BCUT2D eigenvalue weighted by Gasteiger charge is 2.07. The highest BCUT2D eigenvalue weighted by Crippen LogP contribution is 2.14. The smallest absolute Gasteiger partial charge is 0.243 e. The van der Waals surface area contributed by atoms with E-state index in [9.17, 15) is 9.59 Å². The molecule has 0 aliphatic carbocycles. The lowest BCUT2D eigenvalue weighted by Gasteiger charge is -2.11. The van der Waals surface area contributed by atoms with Crippen LogP contribution in [0.4, 0.5) is 5.69 Å². The second kappa shape index (κ2) is 9.09. The first-order valence-corrected chi connectivity index (χ1v) is 7.02. The Hall–Kier alpha value is -1.88. The first-order valence-electron chi connectivity index (χ1n) is 7.02. The Bertz CT molecular complexity index is 446. The van der Waals surface area contributed by atoms with Crippen LogP contribution in [0.1, 0.15) is 32.3 Å². The van der Waals surface area contributed by atoms with Crippen molar-refractivity contribution in [3.63, 3.8) is 0 Å². The Balaban J connectivity index is 2.50. The molecular weight excluding hydrogens is 254 g/mol. The number of hydrogen-bond acceptors (Lipinski definition) is 3. The van der Waals surface area contributed by atoms with Crippen LogP contribution < -0.4 is 16.0 Å². The largest absolute Gasteiger partial charge is 0.347 e. The van der Waals surface area contributed by atoms with Crippen LogP contribution in [0.3, 0.4) is 0 Å². The molecule has 0 spiro atoms. The number of carbonyl (C=O) groups excluding carboxylic acids is 2. The van der Waals surface area contributed by atoms with E-state index >= 15 is 0 Å². The number of amides is 2. The quantitative estimate of drug-likeness (QED) is 0.676. The Morgan fingerprint density at radius 2 is 1.85 bits per heavy atom. The number of benzene rings is 1. The third kappa shape index (κ3) is 5.84. The molecule has 0 radical (unpaired) electrons. The minimum atomic E-state index is -0.210. The van der Waals surface area contributed by atoms with Crippen LogP contribution in [-0.4, -0.2) is 24.9 Å². The number of nitrogens with one attached hydrogen (secondary N) is 3. The molecule has 110 valence electrons. The Labute approximate surface area is 120 Å². The van der Waals surface area contributed by atoms with Gasteiger partial charge in [0.15, 0.2) is 0 Å². The molecule has 5 heteroatoms. The van der Waals surface area contributed by atoms with Crippen molar-refractivity contribution in [1.82, 2.24) is 10.6 Å². The van der Waals surface area contributed by atoms with E-state index in [1.54, 1.807) is 0 Å². The molecule has 5 nitrogen and oxygen atoms in total. The van der Waals surface area contributed by atoms with Crippen LogP contribution in [0, 0.1) is 0 Å². The summed E-state index contributed by atoms with van der Waals surface area (Å²) in [7, 11) is 0. The van der Waals surface area contributed by atoms with Crippen molar-refractivity contribution < 1.29 is 9.59 Å². The molecular formula is C15H23N3O2. The molecule has 3 N–H and O–H groups in total. The molecule has 0 saturated carbocycles. The van der Waals surface area contributed by atoms with E-state index < -0.39 is 0 Å². The summed E-state index contributed by atoms with van der Waals surface area (Å²) in [5.74, 6) is -0.304. The number of carbonyl (C=O) groups is 2. The molecule has 0 unspecified atom stereocenters. The van der Waals surface area contributed by atoms with Gasteiger partial charge in [-0.1, -0.05) is 32.0 Å². The molecule has 1 aromatic rings. The zero-order valence-electron chi connectivity index (χ0n) is 12.2. The average Bonchev–Trinajstić information content (AvgIpc) is 2.44. The lowest BCUT2D eigenvalue weighted by Crippen LogP contribution is -2.32. The summed E-state index contributed by atoms with van der Waals surface area (Å²) < 4.78 is 0. The van der Waals surface area contributed by atoms with Crippen LogP contribution in [0.25, 0.3) is 0 Å². The molecule has 0 bridgehead atoms. The van der Waals surface area contributed by atoms with E-state index in [4.69, 9.17) is 0 Å². The second-order valence-electron chi connectivity index (χ2n) is 4.51. The summed E-state index contributed by atoms with van der Waals surface area (Å²) in [6.07, 6.45) is 1.23. The van der Waals surface area contributed by atoms with Gasteiger partial charge in [0, 0.05) is 18.7 Å². The fraction of sp³-hybridized carbons (Fsp3) is 0.467. The van der Waals surface area contributed by atoms with Gasteiger partial charge in [0.2, 0.25) is 11.8 Å². The lowest BCUT2D eigenvalue weighted by molar-refractivity contribution is -0.124. The van der Waals surface area contributed by atoms with E-state index in [-0.39, 0.29) is 18.4 Å². The molecule has 0 aromatic heterocycles. The van der Waals surface area contributed by atoms with Crippen molar-refractivity contribution in [2.45, 2.75) is 33.2 Å². The van der Waals surface area contributed by atoms with E-state index in [0.29, 0.717) is 13.0 Å². The normalized spacial score (nSPS) is 10.1. The van der Waals surface area contributed by atoms with Gasteiger partial charge in [-0.15, -0.1) is 0 Å². The maximum Gasteiger partial charge on any atom is 0.243 e. The van der Waals surface area contributed by atoms with Gasteiger partial charge in [0.05, 0.1) is 6.54 Å². The zero-order chi connectivity index (χ0) is 14.8. The molecule has 0 saturated heterocycles. The Kier molecular flexibility index (Phi) is 7.35. The third-order valence-electron chi connectivity index (χ3n) is 2.78. The fourth-order valence-corrected chi connectivity index (χ4v) is 1.74. The maximum absolute atomic E-state index is 11.8. The summed E-state index contributed by atoms with van der Waals surface area (Å²) in [5.41, 5.74) is 1.81. The first kappa shape index (κ1) is 16.2. The SMILES string of the molecule is CCCC(=O)NCC(=O)Nc1ccccc1CNCC. The molecule has 0 aliphatic rings. The van der Waals surface area contributed by atoms with Gasteiger partial charge in [-0.3, -0.25) is 9.59 Å². The van der Waals surface area contributed by atoms with Crippen LogP contribution in [0.2, 0.25) is 0 Å². The van der Waals surface area contributed by atoms with Crippen molar-refractivity contribution >= 4 is 17.5 Å². The van der Waals surface area contributed by atoms with Gasteiger partial charge in [-0.25, -0.2) is 0 Å². The standard InChI is InChI=1S/C15H23N3O2/c1-3-7-14(19)17-11-15(20)18-13-9-6-5-8-12(13)10-16-4-2/h5-6,8-9,16H,3-4,7,10-11H2,1-2H3,(H,17,19)(H,18,20). The van der Waals surface area contributed by atoms with E-state index in [2.05, 4.69) is 16.0 Å². The fourth-order valence-electron chi connectivity index (χ4n) is 1.74. The molecule has 0 fully saturated rings. The Morgan fingerprint density at radius 3 is 2.55 bits per heavy atom.